The van der Waals surface area contributed by atoms with Crippen LogP contribution < -0.4 is 19.6 Å². The first kappa shape index (κ1) is 29.1. The molecule has 2 aromatic carbocycles. The van der Waals surface area contributed by atoms with E-state index < -0.39 is 12.0 Å². The highest BCUT2D eigenvalue weighted by atomic mass is 127. The number of carbonyl (C=O) groups is 1. The van der Waals surface area contributed by atoms with E-state index in [0.29, 0.717) is 48.9 Å². The molecule has 0 radical (unpaired) electrons. The van der Waals surface area contributed by atoms with Gasteiger partial charge >= 0.3 is 5.97 Å². The lowest BCUT2D eigenvalue weighted by Gasteiger charge is -2.26. The van der Waals surface area contributed by atoms with Crippen LogP contribution in [0.5, 0.6) is 11.5 Å². The highest BCUT2D eigenvalue weighted by Crippen LogP contribution is 2.34. The molecule has 0 fully saturated rings. The van der Waals surface area contributed by atoms with Crippen LogP contribution in [0.4, 0.5) is 0 Å². The monoisotopic (exact) mass is 660 g/mol. The van der Waals surface area contributed by atoms with E-state index in [1.165, 1.54) is 16.9 Å². The summed E-state index contributed by atoms with van der Waals surface area (Å²) in [5, 5.41) is 10.4. The number of phenols is 1. The summed E-state index contributed by atoms with van der Waals surface area (Å²) >= 11 is 3.33. The highest BCUT2D eigenvalue weighted by molar-refractivity contribution is 14.1. The number of halogens is 1. The first-order chi connectivity index (χ1) is 18.7. The summed E-state index contributed by atoms with van der Waals surface area (Å²) in [7, 11) is 0. The number of allylic oxidation sites excluding steroid dienone is 1. The number of aromatic nitrogens is 1. The van der Waals surface area contributed by atoms with E-state index in [1.807, 2.05) is 60.7 Å². The minimum atomic E-state index is -0.649. The van der Waals surface area contributed by atoms with Crippen molar-refractivity contribution in [2.75, 3.05) is 13.2 Å². The van der Waals surface area contributed by atoms with Gasteiger partial charge < -0.3 is 14.6 Å². The third-order valence-electron chi connectivity index (χ3n) is 6.46. The molecule has 2 heterocycles. The number of carbonyl (C=O) groups excluding carboxylic acids is 1. The smallest absolute Gasteiger partial charge is 0.338 e. The fourth-order valence-electron chi connectivity index (χ4n) is 4.59. The number of thiazole rings is 1. The Morgan fingerprint density at radius 2 is 1.90 bits per heavy atom. The fraction of sp³-hybridized carbons (Fsp3) is 0.367. The van der Waals surface area contributed by atoms with Crippen molar-refractivity contribution in [1.29, 1.82) is 0 Å². The van der Waals surface area contributed by atoms with Crippen LogP contribution in [0.2, 0.25) is 0 Å². The highest BCUT2D eigenvalue weighted by Gasteiger charge is 2.34. The Morgan fingerprint density at radius 3 is 2.51 bits per heavy atom. The average Bonchev–Trinajstić information content (AvgIpc) is 3.21. The average molecular weight is 661 g/mol. The normalized spacial score (nSPS) is 15.4. The number of ether oxygens (including phenoxy) is 2. The van der Waals surface area contributed by atoms with E-state index in [0.717, 1.165) is 17.5 Å². The van der Waals surface area contributed by atoms with Gasteiger partial charge in [-0.2, -0.15) is 0 Å². The van der Waals surface area contributed by atoms with Gasteiger partial charge in [-0.05, 0) is 83.7 Å². The SMILES string of the molecule is CCCC1=C(C(=O)OCC)[C@H](c2ccc(C(C)C)cc2)n2c(s/c(=C\c3cc(I)c(O)c(OCC)c3)c2=O)=N1. The van der Waals surface area contributed by atoms with Crippen LogP contribution in [0.25, 0.3) is 6.08 Å². The van der Waals surface area contributed by atoms with E-state index >= 15 is 0 Å². The number of phenolic OH excluding ortho intramolecular Hbond substituents is 1. The van der Waals surface area contributed by atoms with E-state index in [2.05, 4.69) is 13.8 Å². The summed E-state index contributed by atoms with van der Waals surface area (Å²) < 4.78 is 13.8. The zero-order chi connectivity index (χ0) is 28.3. The molecule has 4 rings (SSSR count). The zero-order valence-electron chi connectivity index (χ0n) is 22.8. The van der Waals surface area contributed by atoms with Gasteiger partial charge in [-0.1, -0.05) is 62.8 Å². The van der Waals surface area contributed by atoms with Crippen LogP contribution in [-0.2, 0) is 9.53 Å². The molecule has 1 N–H and O–H groups in total. The van der Waals surface area contributed by atoms with Crippen molar-refractivity contribution >= 4 is 46.0 Å². The Balaban J connectivity index is 1.97. The molecule has 0 saturated carbocycles. The number of hydrogen-bond donors (Lipinski definition) is 1. The standard InChI is InChI=1S/C30H33IN2O5S/c1-6-9-22-25(29(36)38-8-3)26(20-12-10-19(11-13-20)17(4)5)33-28(35)24(39-30(33)32-22)16-18-14-21(31)27(34)23(15-18)37-7-2/h10-17,26,34H,6-9H2,1-5H3/b24-16-/t26-/m0/s1. The van der Waals surface area contributed by atoms with Gasteiger partial charge in [0.15, 0.2) is 16.3 Å². The van der Waals surface area contributed by atoms with Crippen molar-refractivity contribution in [3.8, 4) is 11.5 Å². The maximum atomic E-state index is 14.0. The lowest BCUT2D eigenvalue weighted by Crippen LogP contribution is -2.40. The van der Waals surface area contributed by atoms with E-state index in [9.17, 15) is 14.7 Å². The predicted molar refractivity (Wildman–Crippen MR) is 162 cm³/mol. The van der Waals surface area contributed by atoms with Gasteiger partial charge in [0, 0.05) is 0 Å². The molecular weight excluding hydrogens is 627 g/mol. The molecule has 0 amide bonds. The van der Waals surface area contributed by atoms with Crippen molar-refractivity contribution < 1.29 is 19.4 Å². The van der Waals surface area contributed by atoms with Crippen LogP contribution in [0.3, 0.4) is 0 Å². The largest absolute Gasteiger partial charge is 0.504 e. The molecule has 206 valence electrons. The molecule has 0 aliphatic carbocycles. The lowest BCUT2D eigenvalue weighted by molar-refractivity contribution is -0.139. The second kappa shape index (κ2) is 12.5. The number of nitrogens with zero attached hydrogens (tertiary/aromatic N) is 2. The maximum absolute atomic E-state index is 14.0. The molecule has 0 unspecified atom stereocenters. The van der Waals surface area contributed by atoms with Crippen LogP contribution in [-0.4, -0.2) is 28.9 Å². The van der Waals surface area contributed by atoms with Crippen LogP contribution in [0.1, 0.15) is 76.1 Å². The summed E-state index contributed by atoms with van der Waals surface area (Å²) in [6, 6.07) is 10.9. The Labute approximate surface area is 245 Å². The Hall–Kier alpha value is -2.92. The first-order valence-corrected chi connectivity index (χ1v) is 15.1. The van der Waals surface area contributed by atoms with Gasteiger partial charge in [0.05, 0.1) is 38.6 Å². The minimum Gasteiger partial charge on any atom is -0.504 e. The molecule has 0 saturated heterocycles. The predicted octanol–water partition coefficient (Wildman–Crippen LogP) is 5.41. The molecule has 1 aromatic heterocycles. The van der Waals surface area contributed by atoms with Crippen LogP contribution in [0, 0.1) is 3.57 Å². The number of hydrogen-bond acceptors (Lipinski definition) is 7. The number of aromatic hydroxyl groups is 1. The van der Waals surface area contributed by atoms with Crippen LogP contribution in [0.15, 0.2) is 57.5 Å². The second-order valence-electron chi connectivity index (χ2n) is 9.52. The summed E-state index contributed by atoms with van der Waals surface area (Å²) in [5.41, 5.74) is 3.55. The Kier molecular flexibility index (Phi) is 9.32. The molecule has 1 atom stereocenters. The molecule has 0 bridgehead atoms. The molecule has 1 aliphatic rings. The summed E-state index contributed by atoms with van der Waals surface area (Å²) in [6.45, 7) is 10.5. The van der Waals surface area contributed by atoms with Crippen molar-refractivity contribution in [3.63, 3.8) is 0 Å². The Bertz CT molecular complexity index is 1580. The second-order valence-corrected chi connectivity index (χ2v) is 11.7. The number of rotatable bonds is 9. The van der Waals surface area contributed by atoms with Gasteiger partial charge in [0.2, 0.25) is 0 Å². The molecule has 3 aromatic rings. The summed E-state index contributed by atoms with van der Waals surface area (Å²) in [4.78, 5) is 32.6. The number of fused-ring (bicyclic) bond motifs is 1. The fourth-order valence-corrected chi connectivity index (χ4v) is 6.24. The summed E-state index contributed by atoms with van der Waals surface area (Å²) in [6.07, 6.45) is 3.16. The van der Waals surface area contributed by atoms with Gasteiger partial charge in [0.1, 0.15) is 0 Å². The molecule has 0 spiro atoms. The molecule has 39 heavy (non-hydrogen) atoms. The van der Waals surface area contributed by atoms with E-state index in [-0.39, 0.29) is 17.9 Å². The van der Waals surface area contributed by atoms with Crippen molar-refractivity contribution in [1.82, 2.24) is 4.57 Å². The first-order valence-electron chi connectivity index (χ1n) is 13.2. The van der Waals surface area contributed by atoms with Crippen LogP contribution >= 0.6 is 33.9 Å². The molecule has 9 heteroatoms. The quantitative estimate of drug-likeness (QED) is 0.245. The zero-order valence-corrected chi connectivity index (χ0v) is 25.8. The summed E-state index contributed by atoms with van der Waals surface area (Å²) in [5.74, 6) is 0.336. The number of benzene rings is 2. The molecule has 1 aliphatic heterocycles. The maximum Gasteiger partial charge on any atom is 0.338 e. The van der Waals surface area contributed by atoms with Gasteiger partial charge in [-0.3, -0.25) is 9.36 Å². The van der Waals surface area contributed by atoms with Crippen molar-refractivity contribution in [2.45, 2.75) is 59.4 Å². The molecular formula is C30H33IN2O5S. The van der Waals surface area contributed by atoms with E-state index in [1.54, 1.807) is 29.7 Å². The lowest BCUT2D eigenvalue weighted by atomic mass is 9.92. The topological polar surface area (TPSA) is 90.1 Å². The Morgan fingerprint density at radius 1 is 1.18 bits per heavy atom. The third kappa shape index (κ3) is 5.99. The molecule has 7 nitrogen and oxygen atoms in total. The van der Waals surface area contributed by atoms with Gasteiger partial charge in [0.25, 0.3) is 5.56 Å². The minimum absolute atomic E-state index is 0.0733. The van der Waals surface area contributed by atoms with Crippen molar-refractivity contribution in [3.05, 3.63) is 87.6 Å². The third-order valence-corrected chi connectivity index (χ3v) is 8.26. The van der Waals surface area contributed by atoms with E-state index in [4.69, 9.17) is 14.5 Å². The van der Waals surface area contributed by atoms with Gasteiger partial charge in [-0.15, -0.1) is 0 Å². The van der Waals surface area contributed by atoms with Crippen molar-refractivity contribution in [2.24, 2.45) is 4.99 Å². The number of esters is 1. The van der Waals surface area contributed by atoms with Gasteiger partial charge in [-0.25, -0.2) is 9.79 Å².